The number of H-pyrrole nitrogens is 1. The van der Waals surface area contributed by atoms with E-state index in [-0.39, 0.29) is 5.56 Å². The quantitative estimate of drug-likeness (QED) is 0.578. The van der Waals surface area contributed by atoms with E-state index in [4.69, 9.17) is 15.2 Å². The fourth-order valence-electron chi connectivity index (χ4n) is 3.12. The molecule has 0 amide bonds. The standard InChI is InChI=1S/C19H19N5O3/c1-23-17(20)16(18-21-14-6-4-5-7-15(14)22-18)19(25)24(23)11-8-12(26-2)10-13(9-11)27-3/h4-10H,20H2,1-3H3,(H,21,22). The number of rotatable bonds is 4. The molecule has 2 aromatic carbocycles. The molecule has 0 spiro atoms. The Morgan fingerprint density at radius 2 is 1.74 bits per heavy atom. The normalized spacial score (nSPS) is 11.1. The van der Waals surface area contributed by atoms with Crippen molar-refractivity contribution >= 4 is 16.9 Å². The maximum atomic E-state index is 13.2. The largest absolute Gasteiger partial charge is 0.497 e. The molecule has 0 unspecified atom stereocenters. The minimum atomic E-state index is -0.288. The summed E-state index contributed by atoms with van der Waals surface area (Å²) >= 11 is 0. The second-order valence-corrected chi connectivity index (χ2v) is 6.07. The monoisotopic (exact) mass is 365 g/mol. The number of fused-ring (bicyclic) bond motifs is 1. The molecule has 0 saturated heterocycles. The number of imidazole rings is 1. The third-order valence-corrected chi connectivity index (χ3v) is 4.52. The van der Waals surface area contributed by atoms with Crippen LogP contribution < -0.4 is 20.8 Å². The molecular weight excluding hydrogens is 346 g/mol. The van der Waals surface area contributed by atoms with Crippen molar-refractivity contribution in [3.63, 3.8) is 0 Å². The van der Waals surface area contributed by atoms with Gasteiger partial charge in [0.1, 0.15) is 28.7 Å². The summed E-state index contributed by atoms with van der Waals surface area (Å²) in [6.07, 6.45) is 0. The maximum Gasteiger partial charge on any atom is 0.284 e. The van der Waals surface area contributed by atoms with E-state index in [0.29, 0.717) is 34.4 Å². The Kier molecular flexibility index (Phi) is 3.88. The smallest absolute Gasteiger partial charge is 0.284 e. The van der Waals surface area contributed by atoms with Crippen molar-refractivity contribution in [2.45, 2.75) is 0 Å². The molecule has 27 heavy (non-hydrogen) atoms. The molecule has 0 saturated carbocycles. The van der Waals surface area contributed by atoms with Crippen LogP contribution in [-0.2, 0) is 7.05 Å². The van der Waals surface area contributed by atoms with Gasteiger partial charge in [-0.05, 0) is 12.1 Å². The summed E-state index contributed by atoms with van der Waals surface area (Å²) in [5.41, 5.74) is 8.47. The molecule has 0 radical (unpaired) electrons. The highest BCUT2D eigenvalue weighted by Gasteiger charge is 2.22. The average molecular weight is 365 g/mol. The number of ether oxygens (including phenoxy) is 2. The van der Waals surface area contributed by atoms with Crippen LogP contribution in [0, 0.1) is 0 Å². The molecule has 2 aromatic heterocycles. The van der Waals surface area contributed by atoms with Gasteiger partial charge in [0.2, 0.25) is 0 Å². The number of nitrogen functional groups attached to an aromatic ring is 1. The van der Waals surface area contributed by atoms with Gasteiger partial charge in [-0.2, -0.15) is 0 Å². The molecule has 0 aliphatic rings. The Bertz CT molecular complexity index is 1150. The highest BCUT2D eigenvalue weighted by molar-refractivity contribution is 5.81. The van der Waals surface area contributed by atoms with Crippen LogP contribution in [0.1, 0.15) is 0 Å². The van der Waals surface area contributed by atoms with Crippen LogP contribution in [0.5, 0.6) is 11.5 Å². The van der Waals surface area contributed by atoms with Crippen LogP contribution in [0.15, 0.2) is 47.3 Å². The molecule has 2 heterocycles. The number of hydrogen-bond acceptors (Lipinski definition) is 5. The van der Waals surface area contributed by atoms with Gasteiger partial charge in [0, 0.05) is 25.2 Å². The number of methoxy groups -OCH3 is 2. The fraction of sp³-hybridized carbons (Fsp3) is 0.158. The van der Waals surface area contributed by atoms with Gasteiger partial charge in [0.15, 0.2) is 0 Å². The summed E-state index contributed by atoms with van der Waals surface area (Å²) in [5, 5.41) is 0. The molecule has 0 atom stereocenters. The van der Waals surface area contributed by atoms with Crippen molar-refractivity contribution in [2.24, 2.45) is 7.05 Å². The van der Waals surface area contributed by atoms with E-state index >= 15 is 0 Å². The molecular formula is C19H19N5O3. The summed E-state index contributed by atoms with van der Waals surface area (Å²) in [5.74, 6) is 1.88. The van der Waals surface area contributed by atoms with Gasteiger partial charge in [-0.15, -0.1) is 0 Å². The van der Waals surface area contributed by atoms with Gasteiger partial charge in [-0.1, -0.05) is 12.1 Å². The molecule has 4 rings (SSSR count). The van der Waals surface area contributed by atoms with Gasteiger partial charge < -0.3 is 20.2 Å². The van der Waals surface area contributed by atoms with E-state index in [1.54, 1.807) is 44.1 Å². The second-order valence-electron chi connectivity index (χ2n) is 6.07. The van der Waals surface area contributed by atoms with E-state index in [1.165, 1.54) is 4.68 Å². The lowest BCUT2D eigenvalue weighted by molar-refractivity contribution is 0.393. The predicted molar refractivity (Wildman–Crippen MR) is 104 cm³/mol. The van der Waals surface area contributed by atoms with Crippen molar-refractivity contribution in [3.8, 4) is 28.6 Å². The minimum Gasteiger partial charge on any atom is -0.497 e. The van der Waals surface area contributed by atoms with Crippen LogP contribution in [-0.4, -0.2) is 33.6 Å². The lowest BCUT2D eigenvalue weighted by Crippen LogP contribution is -2.20. The van der Waals surface area contributed by atoms with Gasteiger partial charge in [-0.25, -0.2) is 9.67 Å². The Morgan fingerprint density at radius 1 is 1.07 bits per heavy atom. The molecule has 3 N–H and O–H groups in total. The van der Waals surface area contributed by atoms with Crippen molar-refractivity contribution in [2.75, 3.05) is 20.0 Å². The predicted octanol–water partition coefficient (Wildman–Crippen LogP) is 2.32. The molecule has 4 aromatic rings. The number of aromatic amines is 1. The molecule has 0 fully saturated rings. The topological polar surface area (TPSA) is 100 Å². The second kappa shape index (κ2) is 6.24. The summed E-state index contributed by atoms with van der Waals surface area (Å²) in [4.78, 5) is 20.9. The summed E-state index contributed by atoms with van der Waals surface area (Å²) < 4.78 is 13.7. The number of hydrogen-bond donors (Lipinski definition) is 2. The molecule has 0 aliphatic carbocycles. The fourth-order valence-corrected chi connectivity index (χ4v) is 3.12. The zero-order valence-electron chi connectivity index (χ0n) is 15.2. The number of anilines is 1. The average Bonchev–Trinajstić information content (AvgIpc) is 3.19. The van der Waals surface area contributed by atoms with E-state index in [9.17, 15) is 4.79 Å². The van der Waals surface area contributed by atoms with Gasteiger partial charge in [0.25, 0.3) is 5.56 Å². The highest BCUT2D eigenvalue weighted by Crippen LogP contribution is 2.28. The molecule has 0 bridgehead atoms. The summed E-state index contributed by atoms with van der Waals surface area (Å²) in [7, 11) is 4.83. The van der Waals surface area contributed by atoms with Gasteiger partial charge in [-0.3, -0.25) is 9.48 Å². The first-order valence-electron chi connectivity index (χ1n) is 8.29. The van der Waals surface area contributed by atoms with E-state index in [0.717, 1.165) is 11.0 Å². The zero-order valence-corrected chi connectivity index (χ0v) is 15.2. The van der Waals surface area contributed by atoms with Crippen LogP contribution in [0.4, 0.5) is 5.82 Å². The first kappa shape index (κ1) is 16.8. The summed E-state index contributed by atoms with van der Waals surface area (Å²) in [6.45, 7) is 0. The van der Waals surface area contributed by atoms with E-state index in [2.05, 4.69) is 9.97 Å². The first-order valence-corrected chi connectivity index (χ1v) is 8.29. The third-order valence-electron chi connectivity index (χ3n) is 4.52. The van der Waals surface area contributed by atoms with Crippen molar-refractivity contribution in [1.29, 1.82) is 0 Å². The number of aromatic nitrogens is 4. The van der Waals surface area contributed by atoms with Gasteiger partial charge in [0.05, 0.1) is 30.9 Å². The maximum absolute atomic E-state index is 13.2. The molecule has 8 nitrogen and oxygen atoms in total. The Balaban J connectivity index is 1.95. The number of nitrogens with one attached hydrogen (secondary N) is 1. The number of benzene rings is 2. The van der Waals surface area contributed by atoms with Crippen molar-refractivity contribution in [1.82, 2.24) is 19.3 Å². The zero-order chi connectivity index (χ0) is 19.1. The third kappa shape index (κ3) is 2.62. The number of nitrogens with two attached hydrogens (primary N) is 1. The Labute approximate surface area is 154 Å². The molecule has 0 aliphatic heterocycles. The Hall–Kier alpha value is -3.68. The van der Waals surface area contributed by atoms with Crippen LogP contribution in [0.25, 0.3) is 28.1 Å². The first-order chi connectivity index (χ1) is 13.0. The minimum absolute atomic E-state index is 0.288. The van der Waals surface area contributed by atoms with E-state index < -0.39 is 0 Å². The van der Waals surface area contributed by atoms with Crippen molar-refractivity contribution in [3.05, 3.63) is 52.8 Å². The van der Waals surface area contributed by atoms with Gasteiger partial charge >= 0.3 is 0 Å². The van der Waals surface area contributed by atoms with E-state index in [1.807, 2.05) is 24.3 Å². The van der Waals surface area contributed by atoms with Crippen LogP contribution in [0.2, 0.25) is 0 Å². The van der Waals surface area contributed by atoms with Crippen molar-refractivity contribution < 1.29 is 9.47 Å². The van der Waals surface area contributed by atoms with Crippen LogP contribution in [0.3, 0.4) is 0 Å². The molecule has 8 heteroatoms. The van der Waals surface area contributed by atoms with Crippen LogP contribution >= 0.6 is 0 Å². The lowest BCUT2D eigenvalue weighted by Gasteiger charge is -2.11. The summed E-state index contributed by atoms with van der Waals surface area (Å²) in [6, 6.07) is 12.8. The lowest BCUT2D eigenvalue weighted by atomic mass is 10.2. The highest BCUT2D eigenvalue weighted by atomic mass is 16.5. The molecule has 138 valence electrons. The SMILES string of the molecule is COc1cc(OC)cc(-n2c(=O)c(-c3nc4ccccc4[nH]3)c(N)n2C)c1. The number of nitrogens with zero attached hydrogens (tertiary/aromatic N) is 3. The Morgan fingerprint density at radius 3 is 2.37 bits per heavy atom. The number of para-hydroxylation sites is 2.